The molecule has 1 heterocycles. The first-order valence-electron chi connectivity index (χ1n) is 9.11. The summed E-state index contributed by atoms with van der Waals surface area (Å²) in [5, 5.41) is 17.9. The Morgan fingerprint density at radius 1 is 1.22 bits per heavy atom. The second-order valence-electron chi connectivity index (χ2n) is 5.91. The van der Waals surface area contributed by atoms with E-state index < -0.39 is 18.3 Å². The summed E-state index contributed by atoms with van der Waals surface area (Å²) >= 11 is 1.22. The van der Waals surface area contributed by atoms with Crippen molar-refractivity contribution in [2.24, 2.45) is 0 Å². The normalized spacial score (nSPS) is 10.6. The second-order valence-corrected chi connectivity index (χ2v) is 6.77. The first-order valence-corrected chi connectivity index (χ1v) is 9.98. The second kappa shape index (κ2) is 12.6. The number of ether oxygens (including phenoxy) is 2. The lowest BCUT2D eigenvalue weighted by atomic mass is 10.1. The molecule has 2 rings (SSSR count). The molecule has 0 radical (unpaired) electrons. The summed E-state index contributed by atoms with van der Waals surface area (Å²) in [6.07, 6.45) is -4.83. The van der Waals surface area contributed by atoms with Gasteiger partial charge in [0.2, 0.25) is 0 Å². The number of benzene rings is 1. The molecule has 0 aliphatic rings. The van der Waals surface area contributed by atoms with Gasteiger partial charge in [0.25, 0.3) is 5.91 Å². The summed E-state index contributed by atoms with van der Waals surface area (Å²) in [5.74, 6) is -2.15. The van der Waals surface area contributed by atoms with Crippen molar-refractivity contribution in [3.8, 4) is 16.3 Å². The van der Waals surface area contributed by atoms with Crippen LogP contribution in [0.25, 0.3) is 10.6 Å². The Balaban J connectivity index is 0.000000547. The third-order valence-corrected chi connectivity index (χ3v) is 4.36. The summed E-state index contributed by atoms with van der Waals surface area (Å²) in [7, 11) is 1.29. The third-order valence-electron chi connectivity index (χ3n) is 3.48. The number of phenols is 1. The van der Waals surface area contributed by atoms with E-state index in [0.717, 1.165) is 6.54 Å². The van der Waals surface area contributed by atoms with Crippen LogP contribution in [0, 0.1) is 0 Å². The lowest BCUT2D eigenvalue weighted by molar-refractivity contribution is -0.304. The monoisotopic (exact) mass is 477 g/mol. The third kappa shape index (κ3) is 9.31. The van der Waals surface area contributed by atoms with Crippen molar-refractivity contribution in [3.63, 3.8) is 0 Å². The van der Waals surface area contributed by atoms with Crippen molar-refractivity contribution in [1.82, 2.24) is 15.6 Å². The van der Waals surface area contributed by atoms with Crippen LogP contribution in [0.2, 0.25) is 0 Å². The van der Waals surface area contributed by atoms with Gasteiger partial charge in [0, 0.05) is 25.4 Å². The molecule has 0 spiro atoms. The first-order chi connectivity index (χ1) is 15.0. The van der Waals surface area contributed by atoms with E-state index in [0.29, 0.717) is 36.1 Å². The fourth-order valence-electron chi connectivity index (χ4n) is 2.15. The Bertz CT molecular complexity index is 933. The minimum atomic E-state index is -4.83. The molecular weight excluding hydrogens is 455 g/mol. The maximum Gasteiger partial charge on any atom is 0.575 e. The van der Waals surface area contributed by atoms with Crippen molar-refractivity contribution >= 4 is 29.2 Å². The van der Waals surface area contributed by atoms with Gasteiger partial charge in [-0.15, -0.1) is 24.5 Å². The quantitative estimate of drug-likeness (QED) is 0.411. The van der Waals surface area contributed by atoms with Crippen LogP contribution in [0.15, 0.2) is 23.6 Å². The van der Waals surface area contributed by atoms with Crippen LogP contribution in [0.1, 0.15) is 34.7 Å². The Labute approximate surface area is 185 Å². The molecule has 0 aliphatic heterocycles. The molecule has 0 unspecified atom stereocenters. The Hall–Kier alpha value is -3.19. The highest BCUT2D eigenvalue weighted by atomic mass is 32.1. The SMILES string of the molecule is CC(=O)OC(F)(F)F.CCNCCNC(=O)c1csc(-c2cc(C(=O)OC)ccc2O)n1. The number of nitrogens with zero attached hydrogens (tertiary/aromatic N) is 1. The Morgan fingerprint density at radius 2 is 1.91 bits per heavy atom. The zero-order chi connectivity index (χ0) is 24.3. The van der Waals surface area contributed by atoms with Gasteiger partial charge < -0.3 is 25.2 Å². The molecule has 0 saturated carbocycles. The van der Waals surface area contributed by atoms with Crippen LogP contribution in [0.3, 0.4) is 0 Å². The molecule has 2 aromatic rings. The minimum absolute atomic E-state index is 0.0175. The van der Waals surface area contributed by atoms with Gasteiger partial charge >= 0.3 is 18.3 Å². The van der Waals surface area contributed by atoms with Crippen LogP contribution in [-0.2, 0) is 14.3 Å². The number of thiazole rings is 1. The molecule has 1 aromatic heterocycles. The Kier molecular flexibility index (Phi) is 10.6. The molecule has 9 nitrogen and oxygen atoms in total. The van der Waals surface area contributed by atoms with Gasteiger partial charge in [0.15, 0.2) is 0 Å². The van der Waals surface area contributed by atoms with Crippen molar-refractivity contribution in [3.05, 3.63) is 34.8 Å². The van der Waals surface area contributed by atoms with Gasteiger partial charge in [-0.3, -0.25) is 9.59 Å². The molecule has 0 bridgehead atoms. The van der Waals surface area contributed by atoms with Crippen LogP contribution in [0.5, 0.6) is 5.75 Å². The summed E-state index contributed by atoms with van der Waals surface area (Å²) in [4.78, 5) is 37.4. The molecule has 13 heteroatoms. The summed E-state index contributed by atoms with van der Waals surface area (Å²) in [6, 6.07) is 4.36. The molecule has 32 heavy (non-hydrogen) atoms. The molecular formula is C19H22F3N3O6S. The van der Waals surface area contributed by atoms with E-state index >= 15 is 0 Å². The molecule has 0 atom stereocenters. The molecule has 1 aromatic carbocycles. The number of rotatable bonds is 7. The molecule has 3 N–H and O–H groups in total. The average molecular weight is 477 g/mol. The molecule has 1 amide bonds. The highest BCUT2D eigenvalue weighted by molar-refractivity contribution is 7.13. The fourth-order valence-corrected chi connectivity index (χ4v) is 2.97. The maximum atomic E-state index is 12.0. The van der Waals surface area contributed by atoms with E-state index in [1.807, 2.05) is 6.92 Å². The van der Waals surface area contributed by atoms with Gasteiger partial charge in [-0.1, -0.05) is 6.92 Å². The first kappa shape index (κ1) is 26.8. The number of carbonyl (C=O) groups excluding carboxylic acids is 3. The van der Waals surface area contributed by atoms with Gasteiger partial charge in [-0.25, -0.2) is 9.78 Å². The van der Waals surface area contributed by atoms with Gasteiger partial charge in [-0.2, -0.15) is 0 Å². The topological polar surface area (TPSA) is 127 Å². The molecule has 176 valence electrons. The summed E-state index contributed by atoms with van der Waals surface area (Å²) < 4.78 is 40.1. The average Bonchev–Trinajstić information content (AvgIpc) is 3.19. The van der Waals surface area contributed by atoms with E-state index in [-0.39, 0.29) is 17.4 Å². The zero-order valence-electron chi connectivity index (χ0n) is 17.4. The van der Waals surface area contributed by atoms with E-state index in [1.54, 1.807) is 5.38 Å². The van der Waals surface area contributed by atoms with E-state index in [4.69, 9.17) is 0 Å². The van der Waals surface area contributed by atoms with Crippen molar-refractivity contribution < 1.29 is 42.1 Å². The number of alkyl halides is 3. The minimum Gasteiger partial charge on any atom is -0.507 e. The predicted octanol–water partition coefficient (Wildman–Crippen LogP) is 2.71. The standard InChI is InChI=1S/C16H19N3O4S.C3H3F3O2/c1-3-17-6-7-18-14(21)12-9-24-15(19-12)11-8-10(16(22)23-2)4-5-13(11)20;1-2(7)8-3(4,5)6/h4-5,8-9,17,20H,3,6-7H2,1-2H3,(H,18,21);1H3. The predicted molar refractivity (Wildman–Crippen MR) is 109 cm³/mol. The van der Waals surface area contributed by atoms with Gasteiger partial charge in [0.1, 0.15) is 16.5 Å². The van der Waals surface area contributed by atoms with E-state index in [1.165, 1.54) is 36.6 Å². The lowest BCUT2D eigenvalue weighted by Crippen LogP contribution is -2.31. The number of carbonyl (C=O) groups is 3. The fraction of sp³-hybridized carbons (Fsp3) is 0.368. The number of likely N-dealkylation sites (N-methyl/N-ethyl adjacent to an activating group) is 1. The summed E-state index contributed by atoms with van der Waals surface area (Å²) in [6.45, 7) is 4.70. The number of hydrogen-bond donors (Lipinski definition) is 3. The molecule has 0 aliphatic carbocycles. The van der Waals surface area contributed by atoms with Crippen molar-refractivity contribution in [1.29, 1.82) is 0 Å². The van der Waals surface area contributed by atoms with E-state index in [9.17, 15) is 32.7 Å². The van der Waals surface area contributed by atoms with Crippen molar-refractivity contribution in [2.45, 2.75) is 20.2 Å². The number of methoxy groups -OCH3 is 1. The molecule has 0 saturated heterocycles. The van der Waals surface area contributed by atoms with Gasteiger partial charge in [-0.05, 0) is 24.7 Å². The van der Waals surface area contributed by atoms with E-state index in [2.05, 4.69) is 25.1 Å². The number of halogens is 3. The van der Waals surface area contributed by atoms with Crippen LogP contribution in [0.4, 0.5) is 13.2 Å². The number of hydrogen-bond acceptors (Lipinski definition) is 9. The zero-order valence-corrected chi connectivity index (χ0v) is 18.2. The van der Waals surface area contributed by atoms with Crippen LogP contribution < -0.4 is 10.6 Å². The number of nitrogens with one attached hydrogen (secondary N) is 2. The number of amides is 1. The molecule has 0 fully saturated rings. The smallest absolute Gasteiger partial charge is 0.507 e. The number of phenolic OH excluding ortho intramolecular Hbond substituents is 1. The van der Waals surface area contributed by atoms with Crippen LogP contribution in [-0.4, -0.2) is 61.0 Å². The van der Waals surface area contributed by atoms with Gasteiger partial charge in [0.05, 0.1) is 18.2 Å². The van der Waals surface area contributed by atoms with Crippen molar-refractivity contribution in [2.75, 3.05) is 26.7 Å². The highest BCUT2D eigenvalue weighted by Crippen LogP contribution is 2.32. The number of esters is 2. The Morgan fingerprint density at radius 3 is 2.44 bits per heavy atom. The lowest BCUT2D eigenvalue weighted by Gasteiger charge is -2.05. The van der Waals surface area contributed by atoms with Crippen LogP contribution >= 0.6 is 11.3 Å². The summed E-state index contributed by atoms with van der Waals surface area (Å²) in [5.41, 5.74) is 0.959. The number of aromatic hydroxyl groups is 1. The highest BCUT2D eigenvalue weighted by Gasteiger charge is 2.32. The largest absolute Gasteiger partial charge is 0.575 e. The number of aromatic nitrogens is 1. The maximum absolute atomic E-state index is 12.0.